The Bertz CT molecular complexity index is 420. The Morgan fingerprint density at radius 2 is 2.29 bits per heavy atom. The van der Waals surface area contributed by atoms with Gasteiger partial charge in [-0.3, -0.25) is 0 Å². The van der Waals surface area contributed by atoms with Gasteiger partial charge in [0.05, 0.1) is 23.8 Å². The van der Waals surface area contributed by atoms with Gasteiger partial charge in [0, 0.05) is 0 Å². The molecule has 0 aliphatic heterocycles. The van der Waals surface area contributed by atoms with Crippen LogP contribution in [0.2, 0.25) is 0 Å². The van der Waals surface area contributed by atoms with E-state index in [2.05, 4.69) is 17.2 Å². The molecule has 0 radical (unpaired) electrons. The van der Waals surface area contributed by atoms with E-state index in [0.717, 1.165) is 17.8 Å². The van der Waals surface area contributed by atoms with E-state index in [-0.39, 0.29) is 0 Å². The molecule has 0 amide bonds. The van der Waals surface area contributed by atoms with Gasteiger partial charge in [-0.15, -0.1) is 5.10 Å². The van der Waals surface area contributed by atoms with E-state index in [0.29, 0.717) is 0 Å². The van der Waals surface area contributed by atoms with E-state index in [1.807, 2.05) is 18.2 Å². The zero-order valence-corrected chi connectivity index (χ0v) is 8.01. The summed E-state index contributed by atoms with van der Waals surface area (Å²) in [5.41, 5.74) is 8.73. The summed E-state index contributed by atoms with van der Waals surface area (Å²) in [5.74, 6) is 0. The zero-order valence-electron chi connectivity index (χ0n) is 8.01. The molecule has 0 bridgehead atoms. The number of hydrogen-bond donors (Lipinski definition) is 1. The smallest absolute Gasteiger partial charge is 0.0892 e. The normalized spacial score (nSPS) is 10.4. The lowest BCUT2D eigenvalue weighted by Crippen LogP contribution is -2.01. The predicted molar refractivity (Wildman–Crippen MR) is 55.1 cm³/mol. The SMILES string of the molecule is CCc1ccc(-n2ccnn2)c(N)c1. The number of aromatic nitrogens is 3. The summed E-state index contributed by atoms with van der Waals surface area (Å²) in [6, 6.07) is 5.98. The molecule has 4 nitrogen and oxygen atoms in total. The molecule has 72 valence electrons. The topological polar surface area (TPSA) is 56.7 Å². The number of rotatable bonds is 2. The van der Waals surface area contributed by atoms with Crippen LogP contribution >= 0.6 is 0 Å². The third-order valence-corrected chi connectivity index (χ3v) is 2.17. The minimum absolute atomic E-state index is 0.731. The number of hydrogen-bond acceptors (Lipinski definition) is 3. The Labute approximate surface area is 82.4 Å². The first kappa shape index (κ1) is 8.74. The number of nitrogens with zero attached hydrogens (tertiary/aromatic N) is 3. The molecule has 1 heterocycles. The minimum Gasteiger partial charge on any atom is -0.397 e. The first-order valence-corrected chi connectivity index (χ1v) is 4.56. The van der Waals surface area contributed by atoms with Crippen molar-refractivity contribution in [2.45, 2.75) is 13.3 Å². The molecule has 0 aliphatic carbocycles. The van der Waals surface area contributed by atoms with Crippen molar-refractivity contribution in [2.24, 2.45) is 0 Å². The summed E-state index contributed by atoms with van der Waals surface area (Å²) in [7, 11) is 0. The predicted octanol–water partition coefficient (Wildman–Crippen LogP) is 1.41. The first-order chi connectivity index (χ1) is 6.81. The van der Waals surface area contributed by atoms with Crippen molar-refractivity contribution in [1.82, 2.24) is 15.0 Å². The molecule has 1 aromatic heterocycles. The van der Waals surface area contributed by atoms with Gasteiger partial charge in [0.15, 0.2) is 0 Å². The van der Waals surface area contributed by atoms with Gasteiger partial charge < -0.3 is 5.73 Å². The molecule has 0 spiro atoms. The number of anilines is 1. The van der Waals surface area contributed by atoms with Gasteiger partial charge >= 0.3 is 0 Å². The van der Waals surface area contributed by atoms with E-state index in [4.69, 9.17) is 5.73 Å². The maximum absolute atomic E-state index is 5.90. The van der Waals surface area contributed by atoms with E-state index < -0.39 is 0 Å². The third kappa shape index (κ3) is 1.46. The van der Waals surface area contributed by atoms with Crippen molar-refractivity contribution in [3.63, 3.8) is 0 Å². The summed E-state index contributed by atoms with van der Waals surface area (Å²) in [6.07, 6.45) is 4.40. The largest absolute Gasteiger partial charge is 0.397 e. The fraction of sp³-hybridized carbons (Fsp3) is 0.200. The lowest BCUT2D eigenvalue weighted by molar-refractivity contribution is 0.804. The van der Waals surface area contributed by atoms with Gasteiger partial charge in [0.25, 0.3) is 0 Å². The van der Waals surface area contributed by atoms with Gasteiger partial charge in [-0.25, -0.2) is 4.68 Å². The number of benzene rings is 1. The fourth-order valence-electron chi connectivity index (χ4n) is 1.37. The van der Waals surface area contributed by atoms with Gasteiger partial charge in [-0.05, 0) is 24.1 Å². The fourth-order valence-corrected chi connectivity index (χ4v) is 1.37. The second kappa shape index (κ2) is 3.49. The van der Waals surface area contributed by atoms with E-state index in [9.17, 15) is 0 Å². The van der Waals surface area contributed by atoms with E-state index >= 15 is 0 Å². The monoisotopic (exact) mass is 188 g/mol. The Balaban J connectivity index is 2.46. The lowest BCUT2D eigenvalue weighted by Gasteiger charge is -2.06. The molecule has 0 saturated heterocycles. The van der Waals surface area contributed by atoms with Crippen molar-refractivity contribution < 1.29 is 0 Å². The molecular weight excluding hydrogens is 176 g/mol. The molecule has 14 heavy (non-hydrogen) atoms. The Morgan fingerprint density at radius 1 is 1.43 bits per heavy atom. The van der Waals surface area contributed by atoms with Crippen LogP contribution in [0.25, 0.3) is 5.69 Å². The van der Waals surface area contributed by atoms with Crippen molar-refractivity contribution in [1.29, 1.82) is 0 Å². The molecule has 1 aromatic carbocycles. The number of nitrogens with two attached hydrogens (primary N) is 1. The van der Waals surface area contributed by atoms with Gasteiger partial charge in [-0.1, -0.05) is 18.2 Å². The highest BCUT2D eigenvalue weighted by molar-refractivity contribution is 5.58. The highest BCUT2D eigenvalue weighted by atomic mass is 15.4. The molecule has 0 atom stereocenters. The Hall–Kier alpha value is -1.84. The van der Waals surface area contributed by atoms with E-state index in [1.165, 1.54) is 5.56 Å². The summed E-state index contributed by atoms with van der Waals surface area (Å²) in [6.45, 7) is 2.10. The second-order valence-electron chi connectivity index (χ2n) is 3.09. The standard InChI is InChI=1S/C10H12N4/c1-2-8-3-4-10(9(11)7-8)14-6-5-12-13-14/h3-7H,2,11H2,1H3. The summed E-state index contributed by atoms with van der Waals surface area (Å²) < 4.78 is 1.66. The molecule has 2 aromatic rings. The number of nitrogen functional groups attached to an aromatic ring is 1. The van der Waals surface area contributed by atoms with Crippen LogP contribution in [0.5, 0.6) is 0 Å². The van der Waals surface area contributed by atoms with Crippen LogP contribution in [0.1, 0.15) is 12.5 Å². The first-order valence-electron chi connectivity index (χ1n) is 4.56. The quantitative estimate of drug-likeness (QED) is 0.725. The highest BCUT2D eigenvalue weighted by Crippen LogP contribution is 2.17. The van der Waals surface area contributed by atoms with Crippen LogP contribution in [-0.4, -0.2) is 15.0 Å². The second-order valence-corrected chi connectivity index (χ2v) is 3.09. The van der Waals surface area contributed by atoms with E-state index in [1.54, 1.807) is 17.1 Å². The molecule has 2 N–H and O–H groups in total. The van der Waals surface area contributed by atoms with Crippen LogP contribution in [0.3, 0.4) is 0 Å². The average molecular weight is 188 g/mol. The molecule has 0 saturated carbocycles. The van der Waals surface area contributed by atoms with Crippen LogP contribution in [0, 0.1) is 0 Å². The van der Waals surface area contributed by atoms with Crippen LogP contribution in [-0.2, 0) is 6.42 Å². The lowest BCUT2D eigenvalue weighted by atomic mass is 10.1. The maximum Gasteiger partial charge on any atom is 0.0892 e. The summed E-state index contributed by atoms with van der Waals surface area (Å²) in [4.78, 5) is 0. The maximum atomic E-state index is 5.90. The van der Waals surface area contributed by atoms with Crippen LogP contribution in [0.4, 0.5) is 5.69 Å². The van der Waals surface area contributed by atoms with Crippen molar-refractivity contribution in [3.05, 3.63) is 36.2 Å². The Morgan fingerprint density at radius 3 is 2.86 bits per heavy atom. The molecular formula is C10H12N4. The Kier molecular flexibility index (Phi) is 2.18. The molecule has 0 aliphatic rings. The third-order valence-electron chi connectivity index (χ3n) is 2.17. The van der Waals surface area contributed by atoms with Gasteiger partial charge in [0.2, 0.25) is 0 Å². The van der Waals surface area contributed by atoms with Crippen molar-refractivity contribution in [3.8, 4) is 5.69 Å². The van der Waals surface area contributed by atoms with Crippen molar-refractivity contribution >= 4 is 5.69 Å². The minimum atomic E-state index is 0.731. The van der Waals surface area contributed by atoms with Crippen LogP contribution < -0.4 is 5.73 Å². The zero-order chi connectivity index (χ0) is 9.97. The molecule has 0 unspecified atom stereocenters. The van der Waals surface area contributed by atoms with Crippen LogP contribution in [0.15, 0.2) is 30.6 Å². The van der Waals surface area contributed by atoms with Gasteiger partial charge in [0.1, 0.15) is 0 Å². The van der Waals surface area contributed by atoms with Crippen molar-refractivity contribution in [2.75, 3.05) is 5.73 Å². The average Bonchev–Trinajstić information content (AvgIpc) is 2.70. The number of aryl methyl sites for hydroxylation is 1. The summed E-state index contributed by atoms with van der Waals surface area (Å²) in [5, 5.41) is 7.63. The molecule has 2 rings (SSSR count). The molecule has 4 heteroatoms. The van der Waals surface area contributed by atoms with Gasteiger partial charge in [-0.2, -0.15) is 0 Å². The molecule has 0 fully saturated rings. The summed E-state index contributed by atoms with van der Waals surface area (Å²) >= 11 is 0. The highest BCUT2D eigenvalue weighted by Gasteiger charge is 2.02.